The molecule has 1 nitrogen and oxygen atoms in total. The summed E-state index contributed by atoms with van der Waals surface area (Å²) in [5, 5.41) is 0. The van der Waals surface area contributed by atoms with E-state index in [-0.39, 0.29) is 0 Å². The van der Waals surface area contributed by atoms with Crippen molar-refractivity contribution in [1.82, 2.24) is 0 Å². The first kappa shape index (κ1) is 12.4. The number of carbonyl (C=O) groups is 1. The average molecular weight is 224 g/mol. The molecule has 0 heterocycles. The molecule has 15 heavy (non-hydrogen) atoms. The number of carbonyl (C=O) groups excluding carboxylic acids is 1. The van der Waals surface area contributed by atoms with E-state index < -0.39 is 7.26 Å². The molecule has 0 spiro atoms. The predicted octanol–water partition coefficient (Wildman–Crippen LogP) is 3.39. The van der Waals surface area contributed by atoms with E-state index in [4.69, 9.17) is 0 Å². The Balaban J connectivity index is 3.33. The van der Waals surface area contributed by atoms with Crippen molar-refractivity contribution in [2.24, 2.45) is 0 Å². The molecule has 1 rings (SSSR count). The molecule has 0 aliphatic carbocycles. The summed E-state index contributed by atoms with van der Waals surface area (Å²) in [4.78, 5) is 12.3. The van der Waals surface area contributed by atoms with Crippen LogP contribution in [-0.2, 0) is 0 Å². The third-order valence-corrected chi connectivity index (χ3v) is 4.20. The van der Waals surface area contributed by atoms with Crippen molar-refractivity contribution in [2.75, 3.05) is 20.0 Å². The van der Waals surface area contributed by atoms with Crippen LogP contribution in [-0.4, -0.2) is 25.5 Å². The van der Waals surface area contributed by atoms with E-state index in [1.807, 2.05) is 13.8 Å². The van der Waals surface area contributed by atoms with E-state index in [1.165, 1.54) is 5.56 Å². The third-order valence-electron chi connectivity index (χ3n) is 2.59. The monoisotopic (exact) mass is 224 g/mol. The van der Waals surface area contributed by atoms with Gasteiger partial charge in [0.1, 0.15) is 0 Å². The summed E-state index contributed by atoms with van der Waals surface area (Å²) in [6.45, 7) is 12.5. The summed E-state index contributed by atoms with van der Waals surface area (Å²) in [6, 6.07) is 4.20. The first-order chi connectivity index (χ1) is 6.73. The summed E-state index contributed by atoms with van der Waals surface area (Å²) < 4.78 is 0. The van der Waals surface area contributed by atoms with Crippen molar-refractivity contribution in [3.63, 3.8) is 0 Å². The molecular formula is C13H21OP. The van der Waals surface area contributed by atoms with Crippen LogP contribution in [0.15, 0.2) is 12.1 Å². The Morgan fingerprint density at radius 3 is 1.73 bits per heavy atom. The normalized spacial score (nSPS) is 12.7. The first-order valence-corrected chi connectivity index (χ1v) is 8.86. The van der Waals surface area contributed by atoms with Crippen LogP contribution in [0, 0.1) is 20.8 Å². The van der Waals surface area contributed by atoms with E-state index in [0.29, 0.717) is 5.52 Å². The van der Waals surface area contributed by atoms with Gasteiger partial charge in [-0.1, -0.05) is 0 Å². The molecule has 0 bridgehead atoms. The topological polar surface area (TPSA) is 17.1 Å². The quantitative estimate of drug-likeness (QED) is 0.704. The van der Waals surface area contributed by atoms with Crippen LogP contribution in [0.3, 0.4) is 0 Å². The number of aryl methyl sites for hydroxylation is 3. The Bertz CT molecular complexity index is 376. The van der Waals surface area contributed by atoms with Gasteiger partial charge in [-0.15, -0.1) is 0 Å². The van der Waals surface area contributed by atoms with Gasteiger partial charge in [-0.2, -0.15) is 0 Å². The summed E-state index contributed by atoms with van der Waals surface area (Å²) in [5.41, 5.74) is 4.81. The van der Waals surface area contributed by atoms with Crippen molar-refractivity contribution in [3.05, 3.63) is 34.4 Å². The van der Waals surface area contributed by atoms with E-state index in [1.54, 1.807) is 0 Å². The van der Waals surface area contributed by atoms with E-state index >= 15 is 0 Å². The summed E-state index contributed by atoms with van der Waals surface area (Å²) in [5.74, 6) is 0. The van der Waals surface area contributed by atoms with E-state index in [0.717, 1.165) is 16.7 Å². The molecule has 1 aromatic carbocycles. The molecule has 0 unspecified atom stereocenters. The van der Waals surface area contributed by atoms with Crippen LogP contribution in [0.5, 0.6) is 0 Å². The molecule has 84 valence electrons. The second-order valence-electron chi connectivity index (χ2n) is 5.35. The minimum atomic E-state index is -1.72. The molecular weight excluding hydrogens is 203 g/mol. The van der Waals surface area contributed by atoms with Crippen LogP contribution in [0.25, 0.3) is 0 Å². The van der Waals surface area contributed by atoms with Crippen LogP contribution in [0.2, 0.25) is 0 Å². The standard InChI is InChI=1S/C13H21OP/c1-9-7-10(2)12(11(3)8-9)13(14)15(4,5)6/h7-8,15H,1-6H3. The van der Waals surface area contributed by atoms with Gasteiger partial charge in [0, 0.05) is 0 Å². The average Bonchev–Trinajstić information content (AvgIpc) is 1.99. The molecule has 0 saturated heterocycles. The van der Waals surface area contributed by atoms with Crippen molar-refractivity contribution in [3.8, 4) is 0 Å². The summed E-state index contributed by atoms with van der Waals surface area (Å²) in [7, 11) is -1.72. The Labute approximate surface area is 93.2 Å². The molecule has 0 radical (unpaired) electrons. The van der Waals surface area contributed by atoms with Gasteiger partial charge in [-0.05, 0) is 0 Å². The van der Waals surface area contributed by atoms with Crippen molar-refractivity contribution < 1.29 is 4.79 Å². The molecule has 0 atom stereocenters. The molecule has 0 saturated carbocycles. The number of hydrogen-bond acceptors (Lipinski definition) is 1. The van der Waals surface area contributed by atoms with Crippen molar-refractivity contribution in [2.45, 2.75) is 20.8 Å². The molecule has 0 aliphatic heterocycles. The van der Waals surface area contributed by atoms with Crippen LogP contribution < -0.4 is 0 Å². The van der Waals surface area contributed by atoms with Crippen LogP contribution in [0.1, 0.15) is 27.0 Å². The maximum atomic E-state index is 12.3. The zero-order chi connectivity index (χ0) is 11.8. The van der Waals surface area contributed by atoms with E-state index in [9.17, 15) is 4.79 Å². The fourth-order valence-electron chi connectivity index (χ4n) is 1.91. The molecule has 0 aliphatic rings. The van der Waals surface area contributed by atoms with Gasteiger partial charge in [0.05, 0.1) is 0 Å². The molecule has 0 aromatic heterocycles. The number of hydrogen-bond donors (Lipinski definition) is 0. The van der Waals surface area contributed by atoms with Gasteiger partial charge in [-0.25, -0.2) is 0 Å². The van der Waals surface area contributed by atoms with Gasteiger partial charge in [0.25, 0.3) is 0 Å². The van der Waals surface area contributed by atoms with Crippen molar-refractivity contribution >= 4 is 12.8 Å². The minimum absolute atomic E-state index is 0.373. The molecule has 0 amide bonds. The maximum absolute atomic E-state index is 12.3. The predicted molar refractivity (Wildman–Crippen MR) is 71.1 cm³/mol. The van der Waals surface area contributed by atoms with Gasteiger partial charge >= 0.3 is 92.7 Å². The molecule has 2 heteroatoms. The Hall–Kier alpha value is -0.680. The summed E-state index contributed by atoms with van der Waals surface area (Å²) >= 11 is 0. The molecule has 0 N–H and O–H groups in total. The van der Waals surface area contributed by atoms with Gasteiger partial charge < -0.3 is 0 Å². The van der Waals surface area contributed by atoms with Gasteiger partial charge in [0.15, 0.2) is 0 Å². The Morgan fingerprint density at radius 2 is 1.40 bits per heavy atom. The van der Waals surface area contributed by atoms with Crippen LogP contribution >= 0.6 is 7.26 Å². The second-order valence-corrected chi connectivity index (χ2v) is 10.3. The SMILES string of the molecule is Cc1cc(C)c(C(=O)[PH](C)(C)C)c(C)c1. The van der Waals surface area contributed by atoms with Gasteiger partial charge in [-0.3, -0.25) is 0 Å². The van der Waals surface area contributed by atoms with E-state index in [2.05, 4.69) is 39.1 Å². The third kappa shape index (κ3) is 2.66. The zero-order valence-corrected chi connectivity index (χ0v) is 11.6. The number of benzene rings is 1. The Kier molecular flexibility index (Phi) is 3.35. The first-order valence-electron chi connectivity index (χ1n) is 5.36. The fourth-order valence-corrected chi connectivity index (χ4v) is 3.06. The summed E-state index contributed by atoms with van der Waals surface area (Å²) in [6.07, 6.45) is 0. The number of rotatable bonds is 2. The van der Waals surface area contributed by atoms with Crippen LogP contribution in [0.4, 0.5) is 0 Å². The van der Waals surface area contributed by atoms with Gasteiger partial charge in [0.2, 0.25) is 0 Å². The molecule has 1 aromatic rings. The van der Waals surface area contributed by atoms with Crippen molar-refractivity contribution in [1.29, 1.82) is 0 Å². The molecule has 0 fully saturated rings. The Morgan fingerprint density at radius 1 is 1.00 bits per heavy atom. The zero-order valence-electron chi connectivity index (χ0n) is 10.6. The fraction of sp³-hybridized carbons (Fsp3) is 0.462. The second kappa shape index (κ2) is 4.06.